The van der Waals surface area contributed by atoms with E-state index < -0.39 is 0 Å². The van der Waals surface area contributed by atoms with Crippen LogP contribution in [0.3, 0.4) is 0 Å². The summed E-state index contributed by atoms with van der Waals surface area (Å²) in [6.45, 7) is 2.60. The third-order valence-corrected chi connectivity index (χ3v) is 3.77. The van der Waals surface area contributed by atoms with Gasteiger partial charge in [-0.2, -0.15) is 5.26 Å². The van der Waals surface area contributed by atoms with Crippen molar-refractivity contribution in [2.45, 2.75) is 26.2 Å². The number of nitrogens with zero attached hydrogens (tertiary/aromatic N) is 2. The standard InChI is InChI=1S/C16H16N2O/c1-12-5-6-13-3-2-4-14(15(13)18-12)19-11-16(7-8-16)9-10-17/h2-6H,7-9,11H2,1H3. The van der Waals surface area contributed by atoms with E-state index in [1.54, 1.807) is 0 Å². The molecule has 0 unspecified atom stereocenters. The Morgan fingerprint density at radius 1 is 1.32 bits per heavy atom. The molecule has 0 radical (unpaired) electrons. The first-order valence-corrected chi connectivity index (χ1v) is 6.59. The highest BCUT2D eigenvalue weighted by Crippen LogP contribution is 2.48. The zero-order valence-electron chi connectivity index (χ0n) is 11.0. The van der Waals surface area contributed by atoms with Crippen molar-refractivity contribution in [3.8, 4) is 11.8 Å². The van der Waals surface area contributed by atoms with Gasteiger partial charge < -0.3 is 4.74 Å². The Morgan fingerprint density at radius 3 is 2.89 bits per heavy atom. The summed E-state index contributed by atoms with van der Waals surface area (Å²) < 4.78 is 5.94. The summed E-state index contributed by atoms with van der Waals surface area (Å²) in [6, 6.07) is 12.3. The molecule has 0 spiro atoms. The molecule has 0 atom stereocenters. The number of nitriles is 1. The predicted molar refractivity (Wildman–Crippen MR) is 73.9 cm³/mol. The smallest absolute Gasteiger partial charge is 0.145 e. The van der Waals surface area contributed by atoms with Gasteiger partial charge in [-0.25, -0.2) is 4.98 Å². The molecule has 0 aliphatic heterocycles. The SMILES string of the molecule is Cc1ccc2cccc(OCC3(CC#N)CC3)c2n1. The van der Waals surface area contributed by atoms with Gasteiger partial charge in [0.15, 0.2) is 0 Å². The molecular formula is C16H16N2O. The van der Waals surface area contributed by atoms with E-state index in [1.165, 1.54) is 0 Å². The van der Waals surface area contributed by atoms with Crippen molar-refractivity contribution < 1.29 is 4.74 Å². The van der Waals surface area contributed by atoms with E-state index >= 15 is 0 Å². The zero-order valence-corrected chi connectivity index (χ0v) is 11.0. The molecule has 1 aromatic heterocycles. The Morgan fingerprint density at radius 2 is 2.16 bits per heavy atom. The fourth-order valence-electron chi connectivity index (χ4n) is 2.28. The molecule has 3 nitrogen and oxygen atoms in total. The first-order valence-electron chi connectivity index (χ1n) is 6.59. The van der Waals surface area contributed by atoms with E-state index in [2.05, 4.69) is 17.1 Å². The zero-order chi connectivity index (χ0) is 13.3. The molecule has 2 aromatic rings. The summed E-state index contributed by atoms with van der Waals surface area (Å²) in [5.74, 6) is 0.824. The van der Waals surface area contributed by atoms with E-state index in [0.29, 0.717) is 13.0 Å². The molecule has 1 aromatic carbocycles. The van der Waals surface area contributed by atoms with Crippen LogP contribution in [0.15, 0.2) is 30.3 Å². The Labute approximate surface area is 112 Å². The topological polar surface area (TPSA) is 45.9 Å². The maximum Gasteiger partial charge on any atom is 0.145 e. The van der Waals surface area contributed by atoms with E-state index in [-0.39, 0.29) is 5.41 Å². The van der Waals surface area contributed by atoms with E-state index in [1.807, 2.05) is 31.2 Å². The van der Waals surface area contributed by atoms with Crippen molar-refractivity contribution in [2.24, 2.45) is 5.41 Å². The third kappa shape index (κ3) is 2.39. The summed E-state index contributed by atoms with van der Waals surface area (Å²) >= 11 is 0. The second kappa shape index (κ2) is 4.55. The molecule has 1 aliphatic rings. The summed E-state index contributed by atoms with van der Waals surface area (Å²) in [5.41, 5.74) is 2.00. The van der Waals surface area contributed by atoms with Gasteiger partial charge in [-0.15, -0.1) is 0 Å². The van der Waals surface area contributed by atoms with Crippen molar-refractivity contribution in [1.29, 1.82) is 5.26 Å². The monoisotopic (exact) mass is 252 g/mol. The Balaban J connectivity index is 1.85. The number of aryl methyl sites for hydroxylation is 1. The molecule has 3 heteroatoms. The van der Waals surface area contributed by atoms with Crippen LogP contribution in [0.2, 0.25) is 0 Å². The van der Waals surface area contributed by atoms with Gasteiger partial charge in [0.25, 0.3) is 0 Å². The number of hydrogen-bond donors (Lipinski definition) is 0. The maximum atomic E-state index is 8.83. The summed E-state index contributed by atoms with van der Waals surface area (Å²) in [4.78, 5) is 4.55. The minimum Gasteiger partial charge on any atom is -0.491 e. The van der Waals surface area contributed by atoms with Gasteiger partial charge in [0, 0.05) is 22.9 Å². The van der Waals surface area contributed by atoms with Gasteiger partial charge in [0.2, 0.25) is 0 Å². The van der Waals surface area contributed by atoms with Gasteiger partial charge in [0.05, 0.1) is 12.7 Å². The van der Waals surface area contributed by atoms with Crippen LogP contribution in [0.5, 0.6) is 5.75 Å². The van der Waals surface area contributed by atoms with Crippen LogP contribution in [0, 0.1) is 23.7 Å². The van der Waals surface area contributed by atoms with Gasteiger partial charge in [-0.05, 0) is 31.9 Å². The summed E-state index contributed by atoms with van der Waals surface area (Å²) in [5, 5.41) is 9.92. The van der Waals surface area contributed by atoms with Crippen molar-refractivity contribution in [1.82, 2.24) is 4.98 Å². The highest BCUT2D eigenvalue weighted by molar-refractivity contribution is 5.84. The molecule has 19 heavy (non-hydrogen) atoms. The fourth-order valence-corrected chi connectivity index (χ4v) is 2.28. The fraction of sp³-hybridized carbons (Fsp3) is 0.375. The van der Waals surface area contributed by atoms with Crippen molar-refractivity contribution in [2.75, 3.05) is 6.61 Å². The molecule has 0 amide bonds. The quantitative estimate of drug-likeness (QED) is 0.835. The average Bonchev–Trinajstić information content (AvgIpc) is 3.17. The maximum absolute atomic E-state index is 8.83. The predicted octanol–water partition coefficient (Wildman–Crippen LogP) is 3.62. The highest BCUT2D eigenvalue weighted by atomic mass is 16.5. The molecule has 0 N–H and O–H groups in total. The van der Waals surface area contributed by atoms with Crippen LogP contribution in [-0.2, 0) is 0 Å². The lowest BCUT2D eigenvalue weighted by Gasteiger charge is -2.14. The van der Waals surface area contributed by atoms with Crippen molar-refractivity contribution >= 4 is 10.9 Å². The lowest BCUT2D eigenvalue weighted by atomic mass is 10.1. The number of ether oxygens (including phenoxy) is 1. The second-order valence-corrected chi connectivity index (χ2v) is 5.40. The van der Waals surface area contributed by atoms with Crippen molar-refractivity contribution in [3.05, 3.63) is 36.0 Å². The molecule has 1 fully saturated rings. The normalized spacial score (nSPS) is 16.0. The molecule has 3 rings (SSSR count). The number of para-hydroxylation sites is 1. The van der Waals surface area contributed by atoms with Crippen LogP contribution >= 0.6 is 0 Å². The minimum absolute atomic E-state index is 0.0980. The van der Waals surface area contributed by atoms with Crippen LogP contribution < -0.4 is 4.74 Å². The molecule has 1 saturated carbocycles. The van der Waals surface area contributed by atoms with E-state index in [0.717, 1.165) is 35.2 Å². The largest absolute Gasteiger partial charge is 0.491 e. The molecule has 0 saturated heterocycles. The number of rotatable bonds is 4. The minimum atomic E-state index is 0.0980. The van der Waals surface area contributed by atoms with Gasteiger partial charge >= 0.3 is 0 Å². The van der Waals surface area contributed by atoms with Gasteiger partial charge in [-0.3, -0.25) is 0 Å². The highest BCUT2D eigenvalue weighted by Gasteiger charge is 2.43. The number of pyridine rings is 1. The molecule has 0 bridgehead atoms. The van der Waals surface area contributed by atoms with Crippen LogP contribution in [-0.4, -0.2) is 11.6 Å². The van der Waals surface area contributed by atoms with E-state index in [9.17, 15) is 0 Å². The molecule has 96 valence electrons. The number of hydrogen-bond acceptors (Lipinski definition) is 3. The van der Waals surface area contributed by atoms with Gasteiger partial charge in [0.1, 0.15) is 11.3 Å². The second-order valence-electron chi connectivity index (χ2n) is 5.40. The van der Waals surface area contributed by atoms with Gasteiger partial charge in [-0.1, -0.05) is 18.2 Å². The Kier molecular flexibility index (Phi) is 2.87. The molecule has 1 heterocycles. The Bertz CT molecular complexity index is 653. The first kappa shape index (κ1) is 12.0. The summed E-state index contributed by atoms with van der Waals surface area (Å²) in [6.07, 6.45) is 2.78. The number of benzene rings is 1. The lowest BCUT2D eigenvalue weighted by Crippen LogP contribution is -2.12. The van der Waals surface area contributed by atoms with Crippen LogP contribution in [0.25, 0.3) is 10.9 Å². The Hall–Kier alpha value is -2.08. The lowest BCUT2D eigenvalue weighted by molar-refractivity contribution is 0.239. The average molecular weight is 252 g/mol. The van der Waals surface area contributed by atoms with Crippen LogP contribution in [0.4, 0.5) is 0 Å². The van der Waals surface area contributed by atoms with E-state index in [4.69, 9.17) is 10.00 Å². The molecule has 1 aliphatic carbocycles. The number of aromatic nitrogens is 1. The molecular weight excluding hydrogens is 236 g/mol. The third-order valence-electron chi connectivity index (χ3n) is 3.77. The van der Waals surface area contributed by atoms with Crippen molar-refractivity contribution in [3.63, 3.8) is 0 Å². The first-order chi connectivity index (χ1) is 9.22. The summed E-state index contributed by atoms with van der Waals surface area (Å²) in [7, 11) is 0. The van der Waals surface area contributed by atoms with Crippen LogP contribution in [0.1, 0.15) is 25.0 Å². The number of fused-ring (bicyclic) bond motifs is 1.